The normalized spacial score (nSPS) is 23.6. The lowest BCUT2D eigenvalue weighted by Gasteiger charge is -2.39. The molecule has 1 aromatic rings. The van der Waals surface area contributed by atoms with E-state index in [1.165, 1.54) is 0 Å². The molecule has 5 nitrogen and oxygen atoms in total. The van der Waals surface area contributed by atoms with E-state index in [1.807, 2.05) is 12.4 Å². The molecule has 5 heteroatoms. The zero-order chi connectivity index (χ0) is 14.6. The minimum absolute atomic E-state index is 0.139. The van der Waals surface area contributed by atoms with Crippen LogP contribution in [0.1, 0.15) is 38.1 Å². The summed E-state index contributed by atoms with van der Waals surface area (Å²) < 4.78 is 0. The lowest BCUT2D eigenvalue weighted by molar-refractivity contribution is -0.132. The Bertz CT molecular complexity index is 459. The van der Waals surface area contributed by atoms with E-state index in [9.17, 15) is 4.79 Å². The van der Waals surface area contributed by atoms with Crippen molar-refractivity contribution in [3.05, 3.63) is 23.8 Å². The number of piperidine rings is 1. The molecule has 0 saturated carbocycles. The van der Waals surface area contributed by atoms with Crippen LogP contribution >= 0.6 is 0 Å². The number of hydrogen-bond acceptors (Lipinski definition) is 4. The molecule has 1 atom stereocenters. The smallest absolute Gasteiger partial charge is 0.226 e. The van der Waals surface area contributed by atoms with Crippen LogP contribution in [-0.4, -0.2) is 40.9 Å². The summed E-state index contributed by atoms with van der Waals surface area (Å²) in [6, 6.07) is 0. The van der Waals surface area contributed by atoms with E-state index in [1.54, 1.807) is 7.05 Å². The van der Waals surface area contributed by atoms with Gasteiger partial charge in [-0.05, 0) is 26.3 Å². The summed E-state index contributed by atoms with van der Waals surface area (Å²) >= 11 is 0. The molecule has 0 bridgehead atoms. The summed E-state index contributed by atoms with van der Waals surface area (Å²) in [5.41, 5.74) is 0.834. The number of likely N-dealkylation sites (tertiary alicyclic amines) is 1. The van der Waals surface area contributed by atoms with Crippen molar-refractivity contribution in [3.63, 3.8) is 0 Å². The van der Waals surface area contributed by atoms with Gasteiger partial charge in [-0.1, -0.05) is 6.92 Å². The van der Waals surface area contributed by atoms with Crippen molar-refractivity contribution in [2.75, 3.05) is 20.1 Å². The van der Waals surface area contributed by atoms with Crippen LogP contribution in [0.15, 0.2) is 12.4 Å². The number of carbonyl (C=O) groups is 1. The second kappa shape index (κ2) is 6.31. The Morgan fingerprint density at radius 3 is 2.75 bits per heavy atom. The third-order valence-corrected chi connectivity index (χ3v) is 4.03. The predicted molar refractivity (Wildman–Crippen MR) is 78.1 cm³/mol. The number of aromatic nitrogens is 2. The number of rotatable bonds is 4. The van der Waals surface area contributed by atoms with Gasteiger partial charge < -0.3 is 5.32 Å². The summed E-state index contributed by atoms with van der Waals surface area (Å²) in [6.07, 6.45) is 6.67. The second-order valence-corrected chi connectivity index (χ2v) is 5.82. The van der Waals surface area contributed by atoms with Gasteiger partial charge in [0.1, 0.15) is 5.82 Å². The van der Waals surface area contributed by atoms with Crippen molar-refractivity contribution < 1.29 is 4.79 Å². The third kappa shape index (κ3) is 3.33. The Labute approximate surface area is 120 Å². The Morgan fingerprint density at radius 1 is 1.45 bits per heavy atom. The average Bonchev–Trinajstić information content (AvgIpc) is 2.47. The molecule has 1 amide bonds. The van der Waals surface area contributed by atoms with E-state index in [-0.39, 0.29) is 11.3 Å². The molecule has 2 heterocycles. The second-order valence-electron chi connectivity index (χ2n) is 5.82. The van der Waals surface area contributed by atoms with E-state index < -0.39 is 0 Å². The van der Waals surface area contributed by atoms with E-state index in [0.29, 0.717) is 0 Å². The molecule has 110 valence electrons. The minimum atomic E-state index is -0.281. The fraction of sp³-hybridized carbons (Fsp3) is 0.667. The molecule has 0 aromatic carbocycles. The molecule has 1 N–H and O–H groups in total. The van der Waals surface area contributed by atoms with E-state index >= 15 is 0 Å². The molecule has 1 aromatic heterocycles. The van der Waals surface area contributed by atoms with Crippen molar-refractivity contribution in [2.24, 2.45) is 5.41 Å². The number of hydrogen-bond donors (Lipinski definition) is 1. The number of nitrogens with zero attached hydrogens (tertiary/aromatic N) is 3. The first-order valence-corrected chi connectivity index (χ1v) is 7.32. The highest BCUT2D eigenvalue weighted by Gasteiger charge is 2.37. The maximum Gasteiger partial charge on any atom is 0.226 e. The number of amides is 1. The van der Waals surface area contributed by atoms with E-state index in [2.05, 4.69) is 34.0 Å². The number of nitrogens with one attached hydrogen (secondary N) is 1. The Kier molecular flexibility index (Phi) is 4.70. The lowest BCUT2D eigenvalue weighted by atomic mass is 9.81. The minimum Gasteiger partial charge on any atom is -0.359 e. The van der Waals surface area contributed by atoms with Crippen molar-refractivity contribution >= 4 is 5.91 Å². The van der Waals surface area contributed by atoms with Crippen LogP contribution < -0.4 is 5.32 Å². The summed E-state index contributed by atoms with van der Waals surface area (Å²) in [5, 5.41) is 2.78. The monoisotopic (exact) mass is 276 g/mol. The van der Waals surface area contributed by atoms with E-state index in [4.69, 9.17) is 0 Å². The largest absolute Gasteiger partial charge is 0.359 e. The van der Waals surface area contributed by atoms with Crippen LogP contribution in [0.2, 0.25) is 0 Å². The number of aryl methyl sites for hydroxylation is 1. The fourth-order valence-electron chi connectivity index (χ4n) is 2.87. The Morgan fingerprint density at radius 2 is 2.15 bits per heavy atom. The molecular formula is C15H24N4O. The molecule has 1 aliphatic heterocycles. The van der Waals surface area contributed by atoms with Crippen LogP contribution in [0, 0.1) is 5.41 Å². The van der Waals surface area contributed by atoms with Crippen LogP contribution in [-0.2, 0) is 17.8 Å². The Balaban J connectivity index is 2.00. The first-order chi connectivity index (χ1) is 9.57. The molecule has 0 spiro atoms. The van der Waals surface area contributed by atoms with Crippen molar-refractivity contribution in [2.45, 2.75) is 39.7 Å². The van der Waals surface area contributed by atoms with Gasteiger partial charge in [0.25, 0.3) is 0 Å². The van der Waals surface area contributed by atoms with Gasteiger partial charge in [-0.2, -0.15) is 0 Å². The van der Waals surface area contributed by atoms with Gasteiger partial charge in [0.2, 0.25) is 5.91 Å². The zero-order valence-electron chi connectivity index (χ0n) is 12.6. The Hall–Kier alpha value is -1.49. The first-order valence-electron chi connectivity index (χ1n) is 7.32. The average molecular weight is 276 g/mol. The third-order valence-electron chi connectivity index (χ3n) is 4.03. The molecular weight excluding hydrogens is 252 g/mol. The van der Waals surface area contributed by atoms with Gasteiger partial charge in [0.15, 0.2) is 0 Å². The van der Waals surface area contributed by atoms with Crippen molar-refractivity contribution in [1.29, 1.82) is 0 Å². The van der Waals surface area contributed by atoms with Gasteiger partial charge in [0.05, 0.1) is 5.41 Å². The highest BCUT2D eigenvalue weighted by atomic mass is 16.2. The lowest BCUT2D eigenvalue weighted by Crippen LogP contribution is -2.49. The molecule has 2 rings (SSSR count). The van der Waals surface area contributed by atoms with Gasteiger partial charge in [-0.15, -0.1) is 0 Å². The molecule has 1 fully saturated rings. The van der Waals surface area contributed by atoms with Gasteiger partial charge in [-0.3, -0.25) is 9.69 Å². The summed E-state index contributed by atoms with van der Waals surface area (Å²) in [6.45, 7) is 6.74. The van der Waals surface area contributed by atoms with Crippen LogP contribution in [0.4, 0.5) is 0 Å². The topological polar surface area (TPSA) is 58.1 Å². The molecule has 1 aliphatic rings. The molecule has 0 unspecified atom stereocenters. The maximum atomic E-state index is 12.0. The SMILES string of the molecule is CCc1ncc(CN2CCC[C@@](C)(C(=O)NC)C2)cn1. The van der Waals surface area contributed by atoms with Gasteiger partial charge in [-0.25, -0.2) is 9.97 Å². The van der Waals surface area contributed by atoms with Crippen LogP contribution in [0.3, 0.4) is 0 Å². The molecule has 1 saturated heterocycles. The first kappa shape index (κ1) is 14.9. The van der Waals surface area contributed by atoms with Crippen molar-refractivity contribution in [3.8, 4) is 0 Å². The van der Waals surface area contributed by atoms with Gasteiger partial charge >= 0.3 is 0 Å². The highest BCUT2D eigenvalue weighted by molar-refractivity contribution is 5.82. The quantitative estimate of drug-likeness (QED) is 0.903. The van der Waals surface area contributed by atoms with Crippen LogP contribution in [0.5, 0.6) is 0 Å². The standard InChI is InChI=1S/C15H24N4O/c1-4-13-17-8-12(9-18-13)10-19-7-5-6-15(2,11-19)14(20)16-3/h8-9H,4-7,10-11H2,1-3H3,(H,16,20)/t15-/m1/s1. The van der Waals surface area contributed by atoms with E-state index in [0.717, 1.165) is 50.3 Å². The molecule has 20 heavy (non-hydrogen) atoms. The summed E-state index contributed by atoms with van der Waals surface area (Å²) in [5.74, 6) is 1.02. The summed E-state index contributed by atoms with van der Waals surface area (Å²) in [4.78, 5) is 23.0. The predicted octanol–water partition coefficient (Wildman–Crippen LogP) is 1.39. The maximum absolute atomic E-state index is 12.0. The zero-order valence-corrected chi connectivity index (χ0v) is 12.6. The van der Waals surface area contributed by atoms with Crippen LogP contribution in [0.25, 0.3) is 0 Å². The number of carbonyl (C=O) groups excluding carboxylic acids is 1. The molecule has 0 radical (unpaired) electrons. The van der Waals surface area contributed by atoms with Gasteiger partial charge in [0, 0.05) is 44.5 Å². The molecule has 0 aliphatic carbocycles. The fourth-order valence-corrected chi connectivity index (χ4v) is 2.87. The summed E-state index contributed by atoms with van der Waals surface area (Å²) in [7, 11) is 1.71. The highest BCUT2D eigenvalue weighted by Crippen LogP contribution is 2.30. The van der Waals surface area contributed by atoms with Crippen molar-refractivity contribution in [1.82, 2.24) is 20.2 Å².